The number of rotatable bonds is 10. The lowest BCUT2D eigenvalue weighted by atomic mass is 9.83. The summed E-state index contributed by atoms with van der Waals surface area (Å²) in [6.07, 6.45) is 6.58. The van der Waals surface area contributed by atoms with Crippen LogP contribution in [0.15, 0.2) is 42.6 Å². The molecule has 2 N–H and O–H groups in total. The summed E-state index contributed by atoms with van der Waals surface area (Å²) in [6.45, 7) is 5.77. The van der Waals surface area contributed by atoms with Crippen LogP contribution in [0.1, 0.15) is 68.8 Å². The fourth-order valence-corrected chi connectivity index (χ4v) is 4.64. The second kappa shape index (κ2) is 11.9. The van der Waals surface area contributed by atoms with Gasteiger partial charge >= 0.3 is 5.97 Å². The fraction of sp³-hybridized carbons (Fsp3) is 0.538. The molecular formula is C26H35N3O4. The number of carbonyl (C=O) groups excluding carboxylic acids is 2. The quantitative estimate of drug-likeness (QED) is 0.413. The van der Waals surface area contributed by atoms with Crippen molar-refractivity contribution in [1.82, 2.24) is 15.3 Å². The van der Waals surface area contributed by atoms with Crippen molar-refractivity contribution in [3.63, 3.8) is 0 Å². The highest BCUT2D eigenvalue weighted by molar-refractivity contribution is 5.89. The molecule has 3 rings (SSSR count). The van der Waals surface area contributed by atoms with E-state index >= 15 is 0 Å². The highest BCUT2D eigenvalue weighted by Gasteiger charge is 2.32. The van der Waals surface area contributed by atoms with Gasteiger partial charge in [0.25, 0.3) is 0 Å². The summed E-state index contributed by atoms with van der Waals surface area (Å²) in [5.74, 6) is -0.811. The minimum atomic E-state index is -0.967. The van der Waals surface area contributed by atoms with Gasteiger partial charge in [-0.3, -0.25) is 9.78 Å². The van der Waals surface area contributed by atoms with Gasteiger partial charge in [-0.2, -0.15) is 0 Å². The second-order valence-corrected chi connectivity index (χ2v) is 9.20. The standard InChI is InChI=1S/C26H35N3O4/c1-17(2)13-19(25(31)27-3)15-23(30)24(14-18-9-5-4-6-10-18)33-26(32)22-16-28-20-11-7-8-12-21(20)29-22/h7-8,11-12,16,18-19,23-24,30H,1,4-6,9-10,13-15H2,2-3H3,(H,27,31)/t19-,23+,24+/m1/s1. The summed E-state index contributed by atoms with van der Waals surface area (Å²) in [6, 6.07) is 7.31. The molecule has 3 atom stereocenters. The number of nitrogens with zero attached hydrogens (tertiary/aromatic N) is 2. The molecule has 1 aliphatic rings. The van der Waals surface area contributed by atoms with E-state index in [1.165, 1.54) is 12.6 Å². The number of esters is 1. The minimum absolute atomic E-state index is 0.110. The van der Waals surface area contributed by atoms with E-state index < -0.39 is 24.1 Å². The SMILES string of the molecule is C=C(C)C[C@H](C[C@H](O)[C@H](CC1CCCCC1)OC(=O)c1cnc2ccccc2n1)C(=O)NC. The Morgan fingerprint density at radius 1 is 1.21 bits per heavy atom. The van der Waals surface area contributed by atoms with Crippen molar-refractivity contribution in [1.29, 1.82) is 0 Å². The number of nitrogens with one attached hydrogen (secondary N) is 1. The molecule has 7 nitrogen and oxygen atoms in total. The van der Waals surface area contributed by atoms with Crippen molar-refractivity contribution in [2.24, 2.45) is 11.8 Å². The predicted molar refractivity (Wildman–Crippen MR) is 128 cm³/mol. The van der Waals surface area contributed by atoms with E-state index in [-0.39, 0.29) is 18.0 Å². The van der Waals surface area contributed by atoms with Crippen LogP contribution in [0.5, 0.6) is 0 Å². The van der Waals surface area contributed by atoms with Crippen molar-refractivity contribution >= 4 is 22.9 Å². The van der Waals surface area contributed by atoms with Crippen LogP contribution in [-0.4, -0.2) is 46.2 Å². The zero-order valence-electron chi connectivity index (χ0n) is 19.6. The number of carbonyl (C=O) groups is 2. The van der Waals surface area contributed by atoms with Gasteiger partial charge in [-0.25, -0.2) is 9.78 Å². The number of hydrogen-bond acceptors (Lipinski definition) is 6. The van der Waals surface area contributed by atoms with Gasteiger partial charge in [-0.1, -0.05) is 49.8 Å². The molecular weight excluding hydrogens is 418 g/mol. The van der Waals surface area contributed by atoms with Crippen LogP contribution in [0, 0.1) is 11.8 Å². The summed E-state index contributed by atoms with van der Waals surface area (Å²) in [5.41, 5.74) is 2.28. The average Bonchev–Trinajstić information content (AvgIpc) is 2.82. The molecule has 1 aliphatic carbocycles. The molecule has 0 unspecified atom stereocenters. The summed E-state index contributed by atoms with van der Waals surface area (Å²) in [5, 5.41) is 13.8. The third-order valence-electron chi connectivity index (χ3n) is 6.37. The number of fused-ring (bicyclic) bond motifs is 1. The molecule has 0 aliphatic heterocycles. The number of hydrogen-bond donors (Lipinski definition) is 2. The van der Waals surface area contributed by atoms with Gasteiger partial charge in [0.05, 0.1) is 23.3 Å². The van der Waals surface area contributed by atoms with Crippen molar-refractivity contribution in [2.75, 3.05) is 7.05 Å². The normalized spacial score (nSPS) is 17.2. The Hall–Kier alpha value is -2.80. The first-order chi connectivity index (χ1) is 15.9. The van der Waals surface area contributed by atoms with Crippen LogP contribution in [0.2, 0.25) is 0 Å². The molecule has 2 aromatic rings. The van der Waals surface area contributed by atoms with E-state index in [1.54, 1.807) is 13.1 Å². The Morgan fingerprint density at radius 2 is 1.91 bits per heavy atom. The molecule has 178 valence electrons. The smallest absolute Gasteiger partial charge is 0.358 e. The molecule has 1 aromatic heterocycles. The number of aliphatic hydroxyl groups excluding tert-OH is 1. The summed E-state index contributed by atoms with van der Waals surface area (Å²) in [7, 11) is 1.58. The summed E-state index contributed by atoms with van der Waals surface area (Å²) >= 11 is 0. The minimum Gasteiger partial charge on any atom is -0.455 e. The van der Waals surface area contributed by atoms with E-state index in [2.05, 4.69) is 21.9 Å². The Balaban J connectivity index is 1.77. The number of amides is 1. The molecule has 0 saturated heterocycles. The van der Waals surface area contributed by atoms with Gasteiger partial charge in [0.1, 0.15) is 6.10 Å². The van der Waals surface area contributed by atoms with E-state index in [1.807, 2.05) is 25.1 Å². The zero-order valence-corrected chi connectivity index (χ0v) is 19.6. The van der Waals surface area contributed by atoms with Crippen LogP contribution in [0.4, 0.5) is 0 Å². The number of benzene rings is 1. The molecule has 1 aromatic carbocycles. The van der Waals surface area contributed by atoms with Gasteiger partial charge in [0.2, 0.25) is 5.91 Å². The van der Waals surface area contributed by atoms with Crippen molar-refractivity contribution in [3.8, 4) is 0 Å². The topological polar surface area (TPSA) is 101 Å². The van der Waals surface area contributed by atoms with Crippen LogP contribution < -0.4 is 5.32 Å². The maximum Gasteiger partial charge on any atom is 0.358 e. The molecule has 0 spiro atoms. The van der Waals surface area contributed by atoms with Gasteiger partial charge in [-0.05, 0) is 44.2 Å². The molecule has 0 bridgehead atoms. The van der Waals surface area contributed by atoms with Crippen LogP contribution in [0.25, 0.3) is 11.0 Å². The first-order valence-corrected chi connectivity index (χ1v) is 11.8. The molecule has 1 amide bonds. The first kappa shape index (κ1) is 24.8. The largest absolute Gasteiger partial charge is 0.455 e. The average molecular weight is 454 g/mol. The summed E-state index contributed by atoms with van der Waals surface area (Å²) < 4.78 is 5.82. The van der Waals surface area contributed by atoms with Gasteiger partial charge in [0.15, 0.2) is 5.69 Å². The molecule has 1 saturated carbocycles. The van der Waals surface area contributed by atoms with Crippen molar-refractivity contribution in [3.05, 3.63) is 48.3 Å². The van der Waals surface area contributed by atoms with Crippen molar-refractivity contribution < 1.29 is 19.4 Å². The Bertz CT molecular complexity index is 971. The zero-order chi connectivity index (χ0) is 23.8. The van der Waals surface area contributed by atoms with Gasteiger partial charge in [-0.15, -0.1) is 6.58 Å². The molecule has 0 radical (unpaired) electrons. The Labute approximate surface area is 195 Å². The maximum absolute atomic E-state index is 13.0. The number of allylic oxidation sites excluding steroid dienone is 1. The third kappa shape index (κ3) is 7.09. The monoisotopic (exact) mass is 453 g/mol. The van der Waals surface area contributed by atoms with Crippen molar-refractivity contribution in [2.45, 2.75) is 70.5 Å². The third-order valence-corrected chi connectivity index (χ3v) is 6.37. The maximum atomic E-state index is 13.0. The summed E-state index contributed by atoms with van der Waals surface area (Å²) in [4.78, 5) is 34.0. The van der Waals surface area contributed by atoms with E-state index in [4.69, 9.17) is 4.74 Å². The first-order valence-electron chi connectivity index (χ1n) is 11.8. The highest BCUT2D eigenvalue weighted by Crippen LogP contribution is 2.31. The van der Waals surface area contributed by atoms with Crippen LogP contribution >= 0.6 is 0 Å². The van der Waals surface area contributed by atoms with Crippen LogP contribution in [0.3, 0.4) is 0 Å². The van der Waals surface area contributed by atoms with Crippen LogP contribution in [-0.2, 0) is 9.53 Å². The second-order valence-electron chi connectivity index (χ2n) is 9.20. The molecule has 7 heteroatoms. The molecule has 1 heterocycles. The van der Waals surface area contributed by atoms with Gasteiger partial charge in [0, 0.05) is 13.0 Å². The lowest BCUT2D eigenvalue weighted by Crippen LogP contribution is -2.38. The Morgan fingerprint density at radius 3 is 2.58 bits per heavy atom. The number of ether oxygens (including phenoxy) is 1. The molecule has 33 heavy (non-hydrogen) atoms. The lowest BCUT2D eigenvalue weighted by Gasteiger charge is -2.30. The lowest BCUT2D eigenvalue weighted by molar-refractivity contribution is -0.126. The number of aromatic nitrogens is 2. The predicted octanol–water partition coefficient (Wildman–Crippen LogP) is 4.21. The van der Waals surface area contributed by atoms with Gasteiger partial charge < -0.3 is 15.2 Å². The number of para-hydroxylation sites is 2. The Kier molecular flexibility index (Phi) is 8.95. The molecule has 1 fully saturated rings. The van der Waals surface area contributed by atoms with E-state index in [9.17, 15) is 14.7 Å². The highest BCUT2D eigenvalue weighted by atomic mass is 16.6. The fourth-order valence-electron chi connectivity index (χ4n) is 4.64. The number of aliphatic hydroxyl groups is 1. The van der Waals surface area contributed by atoms with E-state index in [0.29, 0.717) is 29.8 Å². The van der Waals surface area contributed by atoms with E-state index in [0.717, 1.165) is 31.3 Å².